The molecule has 1 aromatic carbocycles. The SMILES string of the molecule is COc1ccc(CC(C)C(C)(C)C)c(OC)c1. The minimum absolute atomic E-state index is 0.310. The predicted octanol–water partition coefficient (Wildman–Crippen LogP) is 3.93. The van der Waals surface area contributed by atoms with Crippen molar-refractivity contribution >= 4 is 0 Å². The highest BCUT2D eigenvalue weighted by Gasteiger charge is 2.21. The van der Waals surface area contributed by atoms with Crippen LogP contribution in [0.1, 0.15) is 33.3 Å². The molecule has 1 aromatic rings. The zero-order chi connectivity index (χ0) is 13.1. The standard InChI is InChI=1S/C15H24O2/c1-11(15(2,3)4)9-12-7-8-13(16-5)10-14(12)17-6/h7-8,10-11H,9H2,1-6H3. The molecule has 1 rings (SSSR count). The average Bonchev–Trinajstić information content (AvgIpc) is 2.28. The van der Waals surface area contributed by atoms with Crippen molar-refractivity contribution in [2.24, 2.45) is 11.3 Å². The first-order valence-electron chi connectivity index (χ1n) is 6.09. The summed E-state index contributed by atoms with van der Waals surface area (Å²) < 4.78 is 10.6. The Bertz CT molecular complexity index is 364. The number of methoxy groups -OCH3 is 2. The number of benzene rings is 1. The van der Waals surface area contributed by atoms with Crippen LogP contribution in [-0.2, 0) is 6.42 Å². The molecule has 0 aromatic heterocycles. The Labute approximate surface area is 105 Å². The van der Waals surface area contributed by atoms with Crippen LogP contribution in [0.4, 0.5) is 0 Å². The van der Waals surface area contributed by atoms with Crippen LogP contribution >= 0.6 is 0 Å². The van der Waals surface area contributed by atoms with E-state index in [0.29, 0.717) is 11.3 Å². The van der Waals surface area contributed by atoms with Gasteiger partial charge in [0, 0.05) is 6.07 Å². The second-order valence-corrected chi connectivity index (χ2v) is 5.65. The van der Waals surface area contributed by atoms with Crippen molar-refractivity contribution in [3.63, 3.8) is 0 Å². The fourth-order valence-electron chi connectivity index (χ4n) is 1.66. The zero-order valence-electron chi connectivity index (χ0n) is 11.8. The van der Waals surface area contributed by atoms with Crippen molar-refractivity contribution in [2.45, 2.75) is 34.1 Å². The van der Waals surface area contributed by atoms with Crippen LogP contribution in [0.2, 0.25) is 0 Å². The monoisotopic (exact) mass is 236 g/mol. The summed E-state index contributed by atoms with van der Waals surface area (Å²) in [5.74, 6) is 2.36. The number of hydrogen-bond acceptors (Lipinski definition) is 2. The molecule has 0 bridgehead atoms. The van der Waals surface area contributed by atoms with E-state index in [4.69, 9.17) is 9.47 Å². The molecule has 96 valence electrons. The maximum Gasteiger partial charge on any atom is 0.125 e. The lowest BCUT2D eigenvalue weighted by molar-refractivity contribution is 0.257. The fraction of sp³-hybridized carbons (Fsp3) is 0.600. The van der Waals surface area contributed by atoms with Gasteiger partial charge in [0.2, 0.25) is 0 Å². The topological polar surface area (TPSA) is 18.5 Å². The lowest BCUT2D eigenvalue weighted by Gasteiger charge is -2.27. The van der Waals surface area contributed by atoms with Gasteiger partial charge in [-0.2, -0.15) is 0 Å². The van der Waals surface area contributed by atoms with Gasteiger partial charge in [-0.05, 0) is 29.4 Å². The van der Waals surface area contributed by atoms with Gasteiger partial charge >= 0.3 is 0 Å². The Morgan fingerprint density at radius 2 is 1.76 bits per heavy atom. The third kappa shape index (κ3) is 3.65. The fourth-order valence-corrected chi connectivity index (χ4v) is 1.66. The minimum atomic E-state index is 0.310. The third-order valence-corrected chi connectivity index (χ3v) is 3.50. The molecule has 0 radical (unpaired) electrons. The Balaban J connectivity index is 2.91. The summed E-state index contributed by atoms with van der Waals surface area (Å²) in [4.78, 5) is 0. The van der Waals surface area contributed by atoms with Gasteiger partial charge in [0.05, 0.1) is 14.2 Å². The summed E-state index contributed by atoms with van der Waals surface area (Å²) in [5, 5.41) is 0. The van der Waals surface area contributed by atoms with Crippen LogP contribution in [0.25, 0.3) is 0 Å². The van der Waals surface area contributed by atoms with E-state index in [0.717, 1.165) is 17.9 Å². The van der Waals surface area contributed by atoms with Gasteiger partial charge in [0.25, 0.3) is 0 Å². The van der Waals surface area contributed by atoms with Crippen molar-refractivity contribution in [3.8, 4) is 11.5 Å². The van der Waals surface area contributed by atoms with Crippen LogP contribution in [0, 0.1) is 11.3 Å². The van der Waals surface area contributed by atoms with Crippen molar-refractivity contribution in [1.29, 1.82) is 0 Å². The molecule has 0 aliphatic carbocycles. The Morgan fingerprint density at radius 3 is 2.24 bits per heavy atom. The molecule has 0 saturated heterocycles. The van der Waals surface area contributed by atoms with E-state index in [1.165, 1.54) is 5.56 Å². The summed E-state index contributed by atoms with van der Waals surface area (Å²) in [6, 6.07) is 6.04. The van der Waals surface area contributed by atoms with E-state index in [1.807, 2.05) is 12.1 Å². The van der Waals surface area contributed by atoms with Crippen molar-refractivity contribution in [2.75, 3.05) is 14.2 Å². The minimum Gasteiger partial charge on any atom is -0.497 e. The maximum absolute atomic E-state index is 5.42. The largest absolute Gasteiger partial charge is 0.497 e. The molecule has 0 saturated carbocycles. The summed E-state index contributed by atoms with van der Waals surface area (Å²) in [5.41, 5.74) is 1.56. The van der Waals surface area contributed by atoms with E-state index in [1.54, 1.807) is 14.2 Å². The van der Waals surface area contributed by atoms with Gasteiger partial charge in [0.15, 0.2) is 0 Å². The quantitative estimate of drug-likeness (QED) is 0.788. The molecule has 0 aliphatic heterocycles. The molecule has 2 nitrogen and oxygen atoms in total. The summed E-state index contributed by atoms with van der Waals surface area (Å²) in [6.45, 7) is 9.10. The van der Waals surface area contributed by atoms with Gasteiger partial charge in [-0.1, -0.05) is 33.8 Å². The normalized spacial score (nSPS) is 13.3. The van der Waals surface area contributed by atoms with E-state index in [9.17, 15) is 0 Å². The van der Waals surface area contributed by atoms with Gasteiger partial charge in [-0.25, -0.2) is 0 Å². The molecule has 0 heterocycles. The van der Waals surface area contributed by atoms with Gasteiger partial charge in [-0.3, -0.25) is 0 Å². The summed E-state index contributed by atoms with van der Waals surface area (Å²) in [6.07, 6.45) is 1.02. The smallest absolute Gasteiger partial charge is 0.125 e. The first-order chi connectivity index (χ1) is 7.88. The maximum atomic E-state index is 5.42. The number of rotatable bonds is 4. The zero-order valence-corrected chi connectivity index (χ0v) is 11.8. The lowest BCUT2D eigenvalue weighted by atomic mass is 9.78. The Hall–Kier alpha value is -1.18. The van der Waals surface area contributed by atoms with Crippen molar-refractivity contribution in [3.05, 3.63) is 23.8 Å². The summed E-state index contributed by atoms with van der Waals surface area (Å²) >= 11 is 0. The van der Waals surface area contributed by atoms with Crippen LogP contribution in [0.15, 0.2) is 18.2 Å². The van der Waals surface area contributed by atoms with Gasteiger partial charge in [0.1, 0.15) is 11.5 Å². The molecule has 0 spiro atoms. The molecule has 2 heteroatoms. The average molecular weight is 236 g/mol. The molecule has 1 unspecified atom stereocenters. The predicted molar refractivity (Wildman–Crippen MR) is 71.9 cm³/mol. The molecule has 0 N–H and O–H groups in total. The van der Waals surface area contributed by atoms with Gasteiger partial charge in [-0.15, -0.1) is 0 Å². The Morgan fingerprint density at radius 1 is 1.12 bits per heavy atom. The van der Waals surface area contributed by atoms with Gasteiger partial charge < -0.3 is 9.47 Å². The molecule has 0 aliphatic rings. The highest BCUT2D eigenvalue weighted by molar-refractivity contribution is 5.41. The van der Waals surface area contributed by atoms with E-state index in [2.05, 4.69) is 33.8 Å². The highest BCUT2D eigenvalue weighted by Crippen LogP contribution is 2.32. The first kappa shape index (κ1) is 13.9. The third-order valence-electron chi connectivity index (χ3n) is 3.50. The first-order valence-corrected chi connectivity index (χ1v) is 6.09. The van der Waals surface area contributed by atoms with Crippen LogP contribution in [0.3, 0.4) is 0 Å². The van der Waals surface area contributed by atoms with Crippen molar-refractivity contribution in [1.82, 2.24) is 0 Å². The van der Waals surface area contributed by atoms with Crippen LogP contribution in [-0.4, -0.2) is 14.2 Å². The van der Waals surface area contributed by atoms with Crippen LogP contribution < -0.4 is 9.47 Å². The highest BCUT2D eigenvalue weighted by atomic mass is 16.5. The lowest BCUT2D eigenvalue weighted by Crippen LogP contribution is -2.19. The molecular formula is C15H24O2. The summed E-state index contributed by atoms with van der Waals surface area (Å²) in [7, 11) is 3.38. The molecule has 17 heavy (non-hydrogen) atoms. The van der Waals surface area contributed by atoms with E-state index >= 15 is 0 Å². The second-order valence-electron chi connectivity index (χ2n) is 5.65. The second kappa shape index (κ2) is 5.44. The number of hydrogen-bond donors (Lipinski definition) is 0. The van der Waals surface area contributed by atoms with E-state index in [-0.39, 0.29) is 0 Å². The molecule has 0 fully saturated rings. The number of ether oxygens (including phenoxy) is 2. The van der Waals surface area contributed by atoms with Crippen molar-refractivity contribution < 1.29 is 9.47 Å². The molecule has 1 atom stereocenters. The molecular weight excluding hydrogens is 212 g/mol. The van der Waals surface area contributed by atoms with Crippen LogP contribution in [0.5, 0.6) is 11.5 Å². The van der Waals surface area contributed by atoms with E-state index < -0.39 is 0 Å². The Kier molecular flexibility index (Phi) is 4.44. The molecule has 0 amide bonds.